The predicted molar refractivity (Wildman–Crippen MR) is 67.2 cm³/mol. The van der Waals surface area contributed by atoms with Crippen molar-refractivity contribution in [2.45, 2.75) is 6.42 Å². The maximum atomic E-state index is 11.4. The van der Waals surface area contributed by atoms with Crippen molar-refractivity contribution in [3.8, 4) is 0 Å². The quantitative estimate of drug-likeness (QED) is 0.555. The van der Waals surface area contributed by atoms with Gasteiger partial charge in [-0.05, 0) is 0 Å². The molecule has 1 heterocycles. The number of rotatable bonds is 5. The normalized spacial score (nSPS) is 17.4. The smallest absolute Gasteiger partial charge is 0.321 e. The summed E-state index contributed by atoms with van der Waals surface area (Å²) >= 11 is 0. The number of carbonyl (C=O) groups is 2. The Morgan fingerprint density at radius 3 is 2.17 bits per heavy atom. The summed E-state index contributed by atoms with van der Waals surface area (Å²) in [5, 5.41) is 13.4. The van der Waals surface area contributed by atoms with Gasteiger partial charge in [0.25, 0.3) is 0 Å². The molecular formula is C11H22N4O3. The minimum absolute atomic E-state index is 0.189. The molecule has 0 saturated carbocycles. The molecular weight excluding hydrogens is 236 g/mol. The summed E-state index contributed by atoms with van der Waals surface area (Å²) in [6.07, 6.45) is 0.327. The van der Waals surface area contributed by atoms with Gasteiger partial charge >= 0.3 is 6.03 Å². The van der Waals surface area contributed by atoms with E-state index in [0.29, 0.717) is 19.5 Å². The molecule has 18 heavy (non-hydrogen) atoms. The van der Waals surface area contributed by atoms with Crippen molar-refractivity contribution in [2.24, 2.45) is 0 Å². The van der Waals surface area contributed by atoms with E-state index in [4.69, 9.17) is 5.11 Å². The first kappa shape index (κ1) is 14.9. The van der Waals surface area contributed by atoms with E-state index in [2.05, 4.69) is 20.4 Å². The molecule has 0 atom stereocenters. The van der Waals surface area contributed by atoms with Gasteiger partial charge in [-0.2, -0.15) is 0 Å². The standard InChI is InChI=1S/C11H22N4O3/c1-12-11(18)13-10(17)2-3-14-4-6-15(7-5-14)8-9-16/h16H,2-9H2,1H3,(H2,12,13,17,18). The highest BCUT2D eigenvalue weighted by Gasteiger charge is 2.17. The third-order valence-electron chi connectivity index (χ3n) is 3.02. The van der Waals surface area contributed by atoms with Crippen LogP contribution in [0.25, 0.3) is 0 Å². The number of hydrogen-bond acceptors (Lipinski definition) is 5. The molecule has 3 amide bonds. The molecule has 104 valence electrons. The van der Waals surface area contributed by atoms with Crippen LogP contribution in [0.1, 0.15) is 6.42 Å². The number of hydrogen-bond donors (Lipinski definition) is 3. The van der Waals surface area contributed by atoms with Gasteiger partial charge in [0.1, 0.15) is 0 Å². The minimum Gasteiger partial charge on any atom is -0.395 e. The van der Waals surface area contributed by atoms with E-state index in [9.17, 15) is 9.59 Å². The molecule has 1 aliphatic rings. The number of imide groups is 1. The molecule has 7 nitrogen and oxygen atoms in total. The highest BCUT2D eigenvalue weighted by Crippen LogP contribution is 2.01. The number of amides is 3. The Hall–Kier alpha value is -1.18. The van der Waals surface area contributed by atoms with Crippen LogP contribution in [0, 0.1) is 0 Å². The van der Waals surface area contributed by atoms with Gasteiger partial charge in [0.2, 0.25) is 5.91 Å². The van der Waals surface area contributed by atoms with Crippen molar-refractivity contribution in [1.29, 1.82) is 0 Å². The van der Waals surface area contributed by atoms with E-state index >= 15 is 0 Å². The van der Waals surface area contributed by atoms with Crippen LogP contribution in [0.15, 0.2) is 0 Å². The number of aliphatic hydroxyl groups excluding tert-OH is 1. The summed E-state index contributed by atoms with van der Waals surface area (Å²) in [5.74, 6) is -0.257. The zero-order chi connectivity index (χ0) is 13.4. The number of urea groups is 1. The van der Waals surface area contributed by atoms with Crippen LogP contribution in [0.4, 0.5) is 4.79 Å². The molecule has 7 heteroatoms. The minimum atomic E-state index is -0.465. The molecule has 0 radical (unpaired) electrons. The van der Waals surface area contributed by atoms with E-state index in [1.165, 1.54) is 7.05 Å². The molecule has 0 aromatic heterocycles. The predicted octanol–water partition coefficient (Wildman–Crippen LogP) is -1.56. The Kier molecular flexibility index (Phi) is 6.63. The summed E-state index contributed by atoms with van der Waals surface area (Å²) in [7, 11) is 1.48. The molecule has 0 aromatic rings. The molecule has 3 N–H and O–H groups in total. The zero-order valence-electron chi connectivity index (χ0n) is 10.8. The third-order valence-corrected chi connectivity index (χ3v) is 3.02. The molecule has 0 unspecified atom stereocenters. The second-order valence-electron chi connectivity index (χ2n) is 4.28. The molecule has 1 rings (SSSR count). The first-order chi connectivity index (χ1) is 8.65. The zero-order valence-corrected chi connectivity index (χ0v) is 10.8. The van der Waals surface area contributed by atoms with E-state index in [-0.39, 0.29) is 12.5 Å². The van der Waals surface area contributed by atoms with Gasteiger partial charge in [-0.25, -0.2) is 4.79 Å². The van der Waals surface area contributed by atoms with Crippen molar-refractivity contribution in [1.82, 2.24) is 20.4 Å². The fourth-order valence-corrected chi connectivity index (χ4v) is 1.89. The van der Waals surface area contributed by atoms with Gasteiger partial charge in [-0.3, -0.25) is 15.0 Å². The van der Waals surface area contributed by atoms with E-state index < -0.39 is 6.03 Å². The Labute approximate surface area is 107 Å². The van der Waals surface area contributed by atoms with Crippen LogP contribution in [0.2, 0.25) is 0 Å². The van der Waals surface area contributed by atoms with E-state index in [1.54, 1.807) is 0 Å². The fourth-order valence-electron chi connectivity index (χ4n) is 1.89. The molecule has 1 aliphatic heterocycles. The van der Waals surface area contributed by atoms with Gasteiger partial charge in [0, 0.05) is 52.7 Å². The Balaban J connectivity index is 2.14. The lowest BCUT2D eigenvalue weighted by molar-refractivity contribution is -0.120. The van der Waals surface area contributed by atoms with Gasteiger partial charge in [-0.15, -0.1) is 0 Å². The fraction of sp³-hybridized carbons (Fsp3) is 0.818. The lowest BCUT2D eigenvalue weighted by atomic mass is 10.3. The summed E-state index contributed by atoms with van der Waals surface area (Å²) in [6.45, 7) is 5.19. The molecule has 0 aromatic carbocycles. The summed E-state index contributed by atoms with van der Waals surface area (Å²) in [4.78, 5) is 26.7. The first-order valence-corrected chi connectivity index (χ1v) is 6.23. The monoisotopic (exact) mass is 258 g/mol. The highest BCUT2D eigenvalue weighted by molar-refractivity contribution is 5.94. The first-order valence-electron chi connectivity index (χ1n) is 6.23. The number of piperazine rings is 1. The molecule has 1 saturated heterocycles. The van der Waals surface area contributed by atoms with Crippen LogP contribution in [0.3, 0.4) is 0 Å². The number of aliphatic hydroxyl groups is 1. The van der Waals surface area contributed by atoms with Crippen molar-refractivity contribution in [2.75, 3.05) is 52.9 Å². The SMILES string of the molecule is CNC(=O)NC(=O)CCN1CCN(CCO)CC1. The molecule has 0 spiro atoms. The van der Waals surface area contributed by atoms with Crippen LogP contribution in [0.5, 0.6) is 0 Å². The average molecular weight is 258 g/mol. The van der Waals surface area contributed by atoms with Gasteiger partial charge < -0.3 is 15.3 Å². The van der Waals surface area contributed by atoms with Crippen LogP contribution < -0.4 is 10.6 Å². The van der Waals surface area contributed by atoms with Gasteiger partial charge in [0.15, 0.2) is 0 Å². The number of carbonyl (C=O) groups excluding carboxylic acids is 2. The average Bonchev–Trinajstić information content (AvgIpc) is 2.38. The number of nitrogens with one attached hydrogen (secondary N) is 2. The van der Waals surface area contributed by atoms with Crippen molar-refractivity contribution >= 4 is 11.9 Å². The molecule has 0 bridgehead atoms. The Morgan fingerprint density at radius 1 is 1.11 bits per heavy atom. The number of nitrogens with zero attached hydrogens (tertiary/aromatic N) is 2. The van der Waals surface area contributed by atoms with E-state index in [0.717, 1.165) is 26.2 Å². The Bertz CT molecular complexity index is 277. The lowest BCUT2D eigenvalue weighted by Gasteiger charge is -2.34. The number of β-amino-alcohol motifs (C(OH)–C–C–N with tert-alkyl or cyclic N) is 1. The third kappa shape index (κ3) is 5.44. The summed E-state index contributed by atoms with van der Waals surface area (Å²) < 4.78 is 0. The Morgan fingerprint density at radius 2 is 1.67 bits per heavy atom. The second-order valence-corrected chi connectivity index (χ2v) is 4.28. The lowest BCUT2D eigenvalue weighted by Crippen LogP contribution is -2.48. The second kappa shape index (κ2) is 8.02. The maximum Gasteiger partial charge on any atom is 0.321 e. The van der Waals surface area contributed by atoms with Gasteiger partial charge in [-0.1, -0.05) is 0 Å². The van der Waals surface area contributed by atoms with Crippen molar-refractivity contribution < 1.29 is 14.7 Å². The van der Waals surface area contributed by atoms with Crippen LogP contribution >= 0.6 is 0 Å². The maximum absolute atomic E-state index is 11.4. The van der Waals surface area contributed by atoms with Crippen molar-refractivity contribution in [3.63, 3.8) is 0 Å². The molecule has 0 aliphatic carbocycles. The van der Waals surface area contributed by atoms with Gasteiger partial charge in [0.05, 0.1) is 6.61 Å². The summed E-state index contributed by atoms with van der Waals surface area (Å²) in [5.41, 5.74) is 0. The summed E-state index contributed by atoms with van der Waals surface area (Å²) in [6, 6.07) is -0.465. The van der Waals surface area contributed by atoms with Crippen molar-refractivity contribution in [3.05, 3.63) is 0 Å². The largest absolute Gasteiger partial charge is 0.395 e. The van der Waals surface area contributed by atoms with Crippen LogP contribution in [-0.4, -0.2) is 79.8 Å². The topological polar surface area (TPSA) is 84.9 Å². The highest BCUT2D eigenvalue weighted by atomic mass is 16.3. The van der Waals surface area contributed by atoms with Crippen LogP contribution in [-0.2, 0) is 4.79 Å². The van der Waals surface area contributed by atoms with E-state index in [1.807, 2.05) is 0 Å². The molecule has 1 fully saturated rings.